The van der Waals surface area contributed by atoms with Crippen molar-refractivity contribution in [1.82, 2.24) is 0 Å². The summed E-state index contributed by atoms with van der Waals surface area (Å²) in [6.07, 6.45) is 2.69. The number of esters is 2. The van der Waals surface area contributed by atoms with Crippen LogP contribution in [0, 0.1) is 0 Å². The summed E-state index contributed by atoms with van der Waals surface area (Å²) < 4.78 is 9.95. The van der Waals surface area contributed by atoms with Gasteiger partial charge in [0.05, 0.1) is 18.8 Å². The summed E-state index contributed by atoms with van der Waals surface area (Å²) in [6, 6.07) is 6.81. The summed E-state index contributed by atoms with van der Waals surface area (Å²) in [7, 11) is 0. The summed E-state index contributed by atoms with van der Waals surface area (Å²) in [4.78, 5) is 22.8. The predicted octanol–water partition coefficient (Wildman–Crippen LogP) is 2.55. The molecule has 0 unspecified atom stereocenters. The van der Waals surface area contributed by atoms with Crippen molar-refractivity contribution >= 4 is 17.6 Å². The van der Waals surface area contributed by atoms with Crippen LogP contribution in [0.5, 0.6) is 0 Å². The highest BCUT2D eigenvalue weighted by Gasteiger charge is 2.09. The summed E-state index contributed by atoms with van der Waals surface area (Å²) in [5.41, 5.74) is 6.49. The molecule has 0 aliphatic heterocycles. The van der Waals surface area contributed by atoms with Crippen LogP contribution in [0.2, 0.25) is 0 Å². The van der Waals surface area contributed by atoms with Crippen molar-refractivity contribution in [3.8, 4) is 0 Å². The number of para-hydroxylation sites is 1. The molecule has 0 spiro atoms. The lowest BCUT2D eigenvalue weighted by Crippen LogP contribution is -2.09. The van der Waals surface area contributed by atoms with Gasteiger partial charge in [-0.15, -0.1) is 0 Å². The molecule has 2 N–H and O–H groups in total. The zero-order chi connectivity index (χ0) is 14.8. The van der Waals surface area contributed by atoms with Crippen molar-refractivity contribution in [3.63, 3.8) is 0 Å². The van der Waals surface area contributed by atoms with Gasteiger partial charge in [0.25, 0.3) is 0 Å². The fourth-order valence-corrected chi connectivity index (χ4v) is 1.71. The van der Waals surface area contributed by atoms with Crippen molar-refractivity contribution in [3.05, 3.63) is 29.8 Å². The Morgan fingerprint density at radius 3 is 2.55 bits per heavy atom. The van der Waals surface area contributed by atoms with E-state index in [1.807, 2.05) is 0 Å². The maximum Gasteiger partial charge on any atom is 0.340 e. The topological polar surface area (TPSA) is 78.6 Å². The van der Waals surface area contributed by atoms with Crippen molar-refractivity contribution in [2.75, 3.05) is 18.9 Å². The highest BCUT2D eigenvalue weighted by Crippen LogP contribution is 2.12. The van der Waals surface area contributed by atoms with E-state index >= 15 is 0 Å². The lowest BCUT2D eigenvalue weighted by Gasteiger charge is -2.06. The molecule has 5 heteroatoms. The van der Waals surface area contributed by atoms with Crippen molar-refractivity contribution in [1.29, 1.82) is 0 Å². The zero-order valence-corrected chi connectivity index (χ0v) is 11.8. The summed E-state index contributed by atoms with van der Waals surface area (Å²) in [6.45, 7) is 2.53. The van der Waals surface area contributed by atoms with Gasteiger partial charge in [-0.05, 0) is 38.3 Å². The third kappa shape index (κ3) is 5.73. The monoisotopic (exact) mass is 279 g/mol. The summed E-state index contributed by atoms with van der Waals surface area (Å²) in [5.74, 6) is -0.588. The quantitative estimate of drug-likeness (QED) is 0.449. The lowest BCUT2D eigenvalue weighted by molar-refractivity contribution is -0.143. The Kier molecular flexibility index (Phi) is 7.17. The first-order valence-electron chi connectivity index (χ1n) is 6.82. The van der Waals surface area contributed by atoms with E-state index in [4.69, 9.17) is 15.2 Å². The number of hydrogen-bond donors (Lipinski definition) is 1. The predicted molar refractivity (Wildman–Crippen MR) is 76.2 cm³/mol. The number of carbonyl (C=O) groups excluding carboxylic acids is 2. The Morgan fingerprint density at radius 2 is 1.85 bits per heavy atom. The fraction of sp³-hybridized carbons (Fsp3) is 0.467. The molecule has 0 fully saturated rings. The molecule has 0 aliphatic rings. The third-order valence-electron chi connectivity index (χ3n) is 2.74. The van der Waals surface area contributed by atoms with Crippen LogP contribution < -0.4 is 5.73 Å². The van der Waals surface area contributed by atoms with E-state index in [1.165, 1.54) is 0 Å². The number of rotatable bonds is 8. The van der Waals surface area contributed by atoms with Crippen molar-refractivity contribution in [2.24, 2.45) is 0 Å². The number of nitrogens with two attached hydrogens (primary N) is 1. The maximum absolute atomic E-state index is 11.7. The molecule has 1 rings (SSSR count). The molecule has 0 aliphatic carbocycles. The van der Waals surface area contributed by atoms with Gasteiger partial charge in [-0.1, -0.05) is 12.1 Å². The average molecular weight is 279 g/mol. The molecule has 0 radical (unpaired) electrons. The van der Waals surface area contributed by atoms with Crippen LogP contribution in [-0.2, 0) is 14.3 Å². The minimum atomic E-state index is -0.409. The Balaban J connectivity index is 2.14. The van der Waals surface area contributed by atoms with Gasteiger partial charge in [0.1, 0.15) is 0 Å². The molecule has 1 aromatic rings. The lowest BCUT2D eigenvalue weighted by atomic mass is 10.2. The summed E-state index contributed by atoms with van der Waals surface area (Å²) in [5, 5.41) is 0. The molecular formula is C15H21NO4. The van der Waals surface area contributed by atoms with E-state index in [0.717, 1.165) is 19.3 Å². The highest BCUT2D eigenvalue weighted by atomic mass is 16.5. The van der Waals surface area contributed by atoms with E-state index in [9.17, 15) is 9.59 Å². The van der Waals surface area contributed by atoms with E-state index < -0.39 is 5.97 Å². The summed E-state index contributed by atoms with van der Waals surface area (Å²) >= 11 is 0. The smallest absolute Gasteiger partial charge is 0.340 e. The first kappa shape index (κ1) is 16.0. The number of ether oxygens (including phenoxy) is 2. The van der Waals surface area contributed by atoms with Gasteiger partial charge in [-0.25, -0.2) is 4.79 Å². The molecule has 0 atom stereocenters. The van der Waals surface area contributed by atoms with Crippen LogP contribution in [0.1, 0.15) is 43.0 Å². The van der Waals surface area contributed by atoms with E-state index in [1.54, 1.807) is 31.2 Å². The van der Waals surface area contributed by atoms with Gasteiger partial charge >= 0.3 is 11.9 Å². The molecular weight excluding hydrogens is 258 g/mol. The molecule has 110 valence electrons. The van der Waals surface area contributed by atoms with Crippen LogP contribution in [0.3, 0.4) is 0 Å². The van der Waals surface area contributed by atoms with E-state index in [-0.39, 0.29) is 5.97 Å². The minimum absolute atomic E-state index is 0.179. The van der Waals surface area contributed by atoms with Gasteiger partial charge in [0.15, 0.2) is 0 Å². The average Bonchev–Trinajstić information content (AvgIpc) is 2.43. The maximum atomic E-state index is 11.7. The molecule has 0 aromatic heterocycles. The molecule has 5 nitrogen and oxygen atoms in total. The Labute approximate surface area is 119 Å². The highest BCUT2D eigenvalue weighted by molar-refractivity contribution is 5.94. The van der Waals surface area contributed by atoms with Gasteiger partial charge < -0.3 is 15.2 Å². The first-order chi connectivity index (χ1) is 9.65. The Morgan fingerprint density at radius 1 is 1.10 bits per heavy atom. The van der Waals surface area contributed by atoms with Crippen LogP contribution in [0.4, 0.5) is 5.69 Å². The standard InChI is InChI=1S/C15H21NO4/c1-2-19-14(17)10-4-3-7-11-20-15(18)12-8-5-6-9-13(12)16/h5-6,8-9H,2-4,7,10-11,16H2,1H3. The van der Waals surface area contributed by atoms with Crippen LogP contribution in [0.15, 0.2) is 24.3 Å². The van der Waals surface area contributed by atoms with Gasteiger partial charge in [0, 0.05) is 12.1 Å². The third-order valence-corrected chi connectivity index (χ3v) is 2.74. The van der Waals surface area contributed by atoms with Gasteiger partial charge in [-0.3, -0.25) is 4.79 Å². The number of anilines is 1. The second-order valence-electron chi connectivity index (χ2n) is 4.34. The minimum Gasteiger partial charge on any atom is -0.466 e. The Bertz CT molecular complexity index is 445. The van der Waals surface area contributed by atoms with Gasteiger partial charge in [-0.2, -0.15) is 0 Å². The normalized spacial score (nSPS) is 10.1. The molecule has 0 amide bonds. The molecule has 0 saturated heterocycles. The molecule has 0 heterocycles. The molecule has 0 saturated carbocycles. The van der Waals surface area contributed by atoms with Gasteiger partial charge in [0.2, 0.25) is 0 Å². The molecule has 0 bridgehead atoms. The number of benzene rings is 1. The second-order valence-corrected chi connectivity index (χ2v) is 4.34. The second kappa shape index (κ2) is 8.96. The van der Waals surface area contributed by atoms with Crippen molar-refractivity contribution in [2.45, 2.75) is 32.6 Å². The number of hydrogen-bond acceptors (Lipinski definition) is 5. The van der Waals surface area contributed by atoms with Crippen molar-refractivity contribution < 1.29 is 19.1 Å². The number of carbonyl (C=O) groups is 2. The first-order valence-corrected chi connectivity index (χ1v) is 6.82. The Hall–Kier alpha value is -2.04. The number of unbranched alkanes of at least 4 members (excludes halogenated alkanes) is 2. The van der Waals surface area contributed by atoms with Crippen LogP contribution in [-0.4, -0.2) is 25.2 Å². The largest absolute Gasteiger partial charge is 0.466 e. The van der Waals surface area contributed by atoms with Crippen LogP contribution in [0.25, 0.3) is 0 Å². The molecule has 20 heavy (non-hydrogen) atoms. The van der Waals surface area contributed by atoms with Crippen LogP contribution >= 0.6 is 0 Å². The van der Waals surface area contributed by atoms with E-state index in [0.29, 0.717) is 30.9 Å². The molecule has 1 aromatic carbocycles. The van der Waals surface area contributed by atoms with E-state index in [2.05, 4.69) is 0 Å². The number of nitrogen functional groups attached to an aromatic ring is 1. The fourth-order valence-electron chi connectivity index (χ4n) is 1.71. The zero-order valence-electron chi connectivity index (χ0n) is 11.8. The SMILES string of the molecule is CCOC(=O)CCCCCOC(=O)c1ccccc1N.